The Morgan fingerprint density at radius 2 is 2.10 bits per heavy atom. The van der Waals surface area contributed by atoms with Crippen LogP contribution in [-0.2, 0) is 17.1 Å². The number of halogens is 3. The molecule has 1 aromatic heterocycles. The van der Waals surface area contributed by atoms with Gasteiger partial charge in [0.2, 0.25) is 5.03 Å². The molecule has 0 amide bonds. The molecule has 0 aliphatic carbocycles. The minimum Gasteiger partial charge on any atom is -0.324 e. The predicted molar refractivity (Wildman–Crippen MR) is 77.9 cm³/mol. The highest BCUT2D eigenvalue weighted by Crippen LogP contribution is 2.27. The number of imidazole rings is 1. The summed E-state index contributed by atoms with van der Waals surface area (Å²) in [6.07, 6.45) is 1.28. The molecule has 0 unspecified atom stereocenters. The minimum absolute atomic E-state index is 0.0206. The second kappa shape index (κ2) is 5.34. The van der Waals surface area contributed by atoms with Crippen molar-refractivity contribution < 1.29 is 12.8 Å². The first-order valence-electron chi connectivity index (χ1n) is 5.37. The largest absolute Gasteiger partial charge is 0.324 e. The van der Waals surface area contributed by atoms with Gasteiger partial charge in [-0.15, -0.1) is 0 Å². The maximum atomic E-state index is 13.5. The Morgan fingerprint density at radius 3 is 2.65 bits per heavy atom. The molecule has 0 atom stereocenters. The van der Waals surface area contributed by atoms with E-state index in [0.717, 1.165) is 6.07 Å². The zero-order valence-electron chi connectivity index (χ0n) is 10.5. The number of hydrogen-bond acceptors (Lipinski definition) is 3. The lowest BCUT2D eigenvalue weighted by atomic mass is 10.2. The van der Waals surface area contributed by atoms with Crippen molar-refractivity contribution in [3.63, 3.8) is 0 Å². The number of nitrogens with one attached hydrogen (secondary N) is 1. The molecule has 0 saturated carbocycles. The summed E-state index contributed by atoms with van der Waals surface area (Å²) >= 11 is 8.89. The SMILES string of the molecule is Cc1cc(Br)c(F)cc1NS(=O)(=O)c1ncn(C)c1Cl. The summed E-state index contributed by atoms with van der Waals surface area (Å²) in [4.78, 5) is 3.73. The maximum absolute atomic E-state index is 13.5. The maximum Gasteiger partial charge on any atom is 0.282 e. The normalized spacial score (nSPS) is 11.7. The fraction of sp³-hybridized carbons (Fsp3) is 0.182. The van der Waals surface area contributed by atoms with Crippen molar-refractivity contribution in [2.75, 3.05) is 4.72 Å². The van der Waals surface area contributed by atoms with Gasteiger partial charge in [-0.3, -0.25) is 4.72 Å². The van der Waals surface area contributed by atoms with E-state index in [1.165, 1.54) is 17.0 Å². The predicted octanol–water partition coefficient (Wildman–Crippen LogP) is 3.08. The van der Waals surface area contributed by atoms with Crippen LogP contribution in [0.3, 0.4) is 0 Å². The van der Waals surface area contributed by atoms with Crippen molar-refractivity contribution in [1.82, 2.24) is 9.55 Å². The molecule has 1 N–H and O–H groups in total. The molecular formula is C11H10BrClFN3O2S. The van der Waals surface area contributed by atoms with E-state index in [-0.39, 0.29) is 20.3 Å². The molecule has 0 radical (unpaired) electrons. The van der Waals surface area contributed by atoms with Crippen LogP contribution in [0.4, 0.5) is 10.1 Å². The second-order valence-electron chi connectivity index (χ2n) is 4.14. The first-order valence-corrected chi connectivity index (χ1v) is 8.03. The molecule has 0 bridgehead atoms. The fourth-order valence-corrected chi connectivity index (χ4v) is 3.54. The molecule has 0 spiro atoms. The Labute approximate surface area is 129 Å². The summed E-state index contributed by atoms with van der Waals surface area (Å²) in [7, 11) is -2.40. The van der Waals surface area contributed by atoms with Gasteiger partial charge < -0.3 is 4.57 Å². The van der Waals surface area contributed by atoms with Gasteiger partial charge in [-0.25, -0.2) is 9.37 Å². The van der Waals surface area contributed by atoms with Gasteiger partial charge in [0.05, 0.1) is 16.5 Å². The van der Waals surface area contributed by atoms with E-state index < -0.39 is 15.8 Å². The molecule has 20 heavy (non-hydrogen) atoms. The lowest BCUT2D eigenvalue weighted by Gasteiger charge is -2.10. The van der Waals surface area contributed by atoms with Gasteiger partial charge in [0.15, 0.2) is 0 Å². The van der Waals surface area contributed by atoms with Crippen LogP contribution < -0.4 is 4.72 Å². The first kappa shape index (κ1) is 15.3. The summed E-state index contributed by atoms with van der Waals surface area (Å²) < 4.78 is 41.8. The van der Waals surface area contributed by atoms with Crippen LogP contribution in [0.25, 0.3) is 0 Å². The quantitative estimate of drug-likeness (QED) is 0.887. The smallest absolute Gasteiger partial charge is 0.282 e. The van der Waals surface area contributed by atoms with Crippen molar-refractivity contribution in [2.45, 2.75) is 11.9 Å². The number of hydrogen-bond donors (Lipinski definition) is 1. The highest BCUT2D eigenvalue weighted by Gasteiger charge is 2.23. The molecule has 1 heterocycles. The monoisotopic (exact) mass is 381 g/mol. The van der Waals surface area contributed by atoms with Crippen molar-refractivity contribution >= 4 is 43.2 Å². The van der Waals surface area contributed by atoms with Gasteiger partial charge in [0.25, 0.3) is 10.0 Å². The van der Waals surface area contributed by atoms with Crippen LogP contribution in [0, 0.1) is 12.7 Å². The summed E-state index contributed by atoms with van der Waals surface area (Å²) in [6.45, 7) is 1.65. The number of aromatic nitrogens is 2. The molecule has 0 aliphatic heterocycles. The van der Waals surface area contributed by atoms with Crippen molar-refractivity contribution in [3.8, 4) is 0 Å². The molecule has 0 fully saturated rings. The summed E-state index contributed by atoms with van der Waals surface area (Å²) in [5, 5.41) is -0.322. The zero-order chi connectivity index (χ0) is 15.1. The van der Waals surface area contributed by atoms with E-state index in [4.69, 9.17) is 11.6 Å². The Balaban J connectivity index is 2.44. The van der Waals surface area contributed by atoms with Crippen LogP contribution >= 0.6 is 27.5 Å². The summed E-state index contributed by atoms with van der Waals surface area (Å²) in [5.41, 5.74) is 0.696. The molecule has 5 nitrogen and oxygen atoms in total. The number of anilines is 1. The molecule has 0 saturated heterocycles. The number of benzene rings is 1. The van der Waals surface area contributed by atoms with Crippen molar-refractivity contribution in [1.29, 1.82) is 0 Å². The van der Waals surface area contributed by atoms with Gasteiger partial charge in [0, 0.05) is 7.05 Å². The molecule has 2 aromatic rings. The van der Waals surface area contributed by atoms with Gasteiger partial charge in [0.1, 0.15) is 11.0 Å². The zero-order valence-corrected chi connectivity index (χ0v) is 13.6. The number of nitrogens with zero attached hydrogens (tertiary/aromatic N) is 2. The average Bonchev–Trinajstić information content (AvgIpc) is 2.67. The third-order valence-electron chi connectivity index (χ3n) is 2.60. The van der Waals surface area contributed by atoms with Gasteiger partial charge >= 0.3 is 0 Å². The van der Waals surface area contributed by atoms with Crippen LogP contribution in [0.5, 0.6) is 0 Å². The lowest BCUT2D eigenvalue weighted by molar-refractivity contribution is 0.598. The third kappa shape index (κ3) is 2.82. The third-order valence-corrected chi connectivity index (χ3v) is 5.06. The van der Waals surface area contributed by atoms with Gasteiger partial charge in [-0.1, -0.05) is 11.6 Å². The Morgan fingerprint density at radius 1 is 1.45 bits per heavy atom. The molecule has 0 aliphatic rings. The van der Waals surface area contributed by atoms with E-state index in [0.29, 0.717) is 5.56 Å². The van der Waals surface area contributed by atoms with Crippen LogP contribution in [0.15, 0.2) is 28.0 Å². The molecule has 1 aromatic carbocycles. The number of aryl methyl sites for hydroxylation is 2. The average molecular weight is 383 g/mol. The number of rotatable bonds is 3. The Hall–Kier alpha value is -1.12. The first-order chi connectivity index (χ1) is 9.22. The highest BCUT2D eigenvalue weighted by molar-refractivity contribution is 9.10. The molecule has 108 valence electrons. The lowest BCUT2D eigenvalue weighted by Crippen LogP contribution is -2.15. The topological polar surface area (TPSA) is 64.0 Å². The van der Waals surface area contributed by atoms with E-state index in [9.17, 15) is 12.8 Å². The standard InChI is InChI=1S/C11H10BrClFN3O2S/c1-6-3-7(12)8(14)4-9(6)16-20(18,19)11-10(13)17(2)5-15-11/h3-5,16H,1-2H3. The van der Waals surface area contributed by atoms with E-state index in [1.807, 2.05) is 0 Å². The Bertz CT molecular complexity index is 776. The van der Waals surface area contributed by atoms with Gasteiger partial charge in [-0.05, 0) is 40.5 Å². The molecular weight excluding hydrogens is 373 g/mol. The van der Waals surface area contributed by atoms with E-state index in [2.05, 4.69) is 25.6 Å². The highest BCUT2D eigenvalue weighted by atomic mass is 79.9. The summed E-state index contributed by atoms with van der Waals surface area (Å²) in [5.74, 6) is -0.569. The fourth-order valence-electron chi connectivity index (χ4n) is 1.52. The van der Waals surface area contributed by atoms with Crippen LogP contribution in [0.2, 0.25) is 5.15 Å². The van der Waals surface area contributed by atoms with E-state index in [1.54, 1.807) is 14.0 Å². The number of sulfonamides is 1. The van der Waals surface area contributed by atoms with Crippen molar-refractivity contribution in [2.24, 2.45) is 7.05 Å². The molecule has 2 rings (SSSR count). The van der Waals surface area contributed by atoms with Crippen LogP contribution in [-0.4, -0.2) is 18.0 Å². The molecule has 9 heteroatoms. The summed E-state index contributed by atoms with van der Waals surface area (Å²) in [6, 6.07) is 2.57. The Kier molecular flexibility index (Phi) is 4.08. The second-order valence-corrected chi connectivity index (χ2v) is 6.95. The van der Waals surface area contributed by atoms with Gasteiger partial charge in [-0.2, -0.15) is 8.42 Å². The minimum atomic E-state index is -3.97. The van der Waals surface area contributed by atoms with Crippen molar-refractivity contribution in [3.05, 3.63) is 39.5 Å². The van der Waals surface area contributed by atoms with Crippen LogP contribution in [0.1, 0.15) is 5.56 Å². The van der Waals surface area contributed by atoms with E-state index >= 15 is 0 Å².